The molecule has 0 fully saturated rings. The van der Waals surface area contributed by atoms with Gasteiger partial charge in [-0.3, -0.25) is 4.79 Å². The highest BCUT2D eigenvalue weighted by Gasteiger charge is 2.32. The van der Waals surface area contributed by atoms with E-state index >= 15 is 0 Å². The van der Waals surface area contributed by atoms with Gasteiger partial charge in [-0.05, 0) is 5.92 Å². The number of carbonyl (C=O) groups is 2. The molecule has 0 spiro atoms. The number of esters is 1. The van der Waals surface area contributed by atoms with Crippen LogP contribution in [0.3, 0.4) is 0 Å². The second-order valence-electron chi connectivity index (χ2n) is 5.07. The molecular weight excluding hydrogens is 326 g/mol. The van der Waals surface area contributed by atoms with E-state index in [1.54, 1.807) is 20.8 Å². The fraction of sp³-hybridized carbons (Fsp3) is 0.571. The van der Waals surface area contributed by atoms with Crippen molar-refractivity contribution in [3.63, 3.8) is 0 Å². The zero-order valence-corrected chi connectivity index (χ0v) is 14.3. The summed E-state index contributed by atoms with van der Waals surface area (Å²) in [5.41, 5.74) is 0. The summed E-state index contributed by atoms with van der Waals surface area (Å²) >= 11 is 0. The number of aliphatic carboxylic acids is 1. The number of furan rings is 1. The van der Waals surface area contributed by atoms with E-state index in [2.05, 4.69) is 9.46 Å². The van der Waals surface area contributed by atoms with Gasteiger partial charge in [0.1, 0.15) is 16.7 Å². The van der Waals surface area contributed by atoms with Crippen LogP contribution in [-0.2, 0) is 26.0 Å². The number of hydrogen-bond acceptors (Lipinski definition) is 6. The van der Waals surface area contributed by atoms with Gasteiger partial charge in [-0.25, -0.2) is 13.2 Å². The molecule has 2 N–H and O–H groups in total. The summed E-state index contributed by atoms with van der Waals surface area (Å²) in [7, 11) is -3.01. The van der Waals surface area contributed by atoms with Crippen LogP contribution in [0.15, 0.2) is 15.4 Å². The summed E-state index contributed by atoms with van der Waals surface area (Å²) < 4.78 is 36.8. The van der Waals surface area contributed by atoms with Crippen LogP contribution in [-0.4, -0.2) is 38.6 Å². The van der Waals surface area contributed by atoms with E-state index in [0.717, 1.165) is 13.2 Å². The van der Waals surface area contributed by atoms with Crippen LogP contribution >= 0.6 is 0 Å². The highest BCUT2D eigenvalue weighted by molar-refractivity contribution is 7.89. The zero-order valence-electron chi connectivity index (χ0n) is 13.5. The van der Waals surface area contributed by atoms with Crippen LogP contribution in [0.25, 0.3) is 0 Å². The van der Waals surface area contributed by atoms with Crippen molar-refractivity contribution in [1.29, 1.82) is 0 Å². The minimum absolute atomic E-state index is 0.0613. The summed E-state index contributed by atoms with van der Waals surface area (Å²) in [6.45, 7) is 5.05. The molecule has 1 aromatic rings. The number of hydrogen-bond donors (Lipinski definition) is 2. The number of sulfonamides is 1. The Labute approximate surface area is 134 Å². The van der Waals surface area contributed by atoms with Gasteiger partial charge in [0, 0.05) is 12.5 Å². The molecule has 0 aliphatic carbocycles. The second-order valence-corrected chi connectivity index (χ2v) is 6.75. The lowest BCUT2D eigenvalue weighted by atomic mass is 10.0. The maximum absolute atomic E-state index is 12.5. The van der Waals surface area contributed by atoms with Gasteiger partial charge in [0.2, 0.25) is 15.8 Å². The number of ether oxygens (including phenoxy) is 1. The molecule has 23 heavy (non-hydrogen) atoms. The first-order valence-electron chi connectivity index (χ1n) is 7.14. The minimum atomic E-state index is -4.16. The molecule has 1 aromatic heterocycles. The lowest BCUT2D eigenvalue weighted by Crippen LogP contribution is -2.45. The largest absolute Gasteiger partial charge is 0.480 e. The van der Waals surface area contributed by atoms with Crippen LogP contribution in [0.5, 0.6) is 0 Å². The Bertz CT molecular complexity index is 677. The first kappa shape index (κ1) is 19.2. The number of carboxylic acids is 1. The molecule has 2 atom stereocenters. The SMILES string of the molecule is CCc1oc(C(=O)OC)cc1S(=O)(=O)N[C@H](C(=O)O)[C@@H](C)CC. The molecule has 0 unspecified atom stereocenters. The predicted molar refractivity (Wildman–Crippen MR) is 80.6 cm³/mol. The fourth-order valence-corrected chi connectivity index (χ4v) is 3.51. The Morgan fingerprint density at radius 3 is 2.43 bits per heavy atom. The summed E-state index contributed by atoms with van der Waals surface area (Å²) in [4.78, 5) is 22.5. The van der Waals surface area contributed by atoms with Crippen molar-refractivity contribution in [2.45, 2.75) is 44.6 Å². The van der Waals surface area contributed by atoms with Crippen LogP contribution in [0.4, 0.5) is 0 Å². The molecule has 0 aliphatic rings. The van der Waals surface area contributed by atoms with Gasteiger partial charge in [-0.15, -0.1) is 0 Å². The van der Waals surface area contributed by atoms with E-state index in [4.69, 9.17) is 4.42 Å². The Kier molecular flexibility index (Phi) is 6.34. The molecule has 1 heterocycles. The van der Waals surface area contributed by atoms with E-state index in [1.165, 1.54) is 0 Å². The topological polar surface area (TPSA) is 123 Å². The van der Waals surface area contributed by atoms with Crippen LogP contribution in [0.2, 0.25) is 0 Å². The summed E-state index contributed by atoms with van der Waals surface area (Å²) in [6, 6.07) is -0.228. The van der Waals surface area contributed by atoms with Gasteiger partial charge in [-0.1, -0.05) is 27.2 Å². The second kappa shape index (κ2) is 7.60. The van der Waals surface area contributed by atoms with Crippen LogP contribution in [0, 0.1) is 5.92 Å². The number of carbonyl (C=O) groups excluding carboxylic acids is 1. The molecule has 0 bridgehead atoms. The molecule has 130 valence electrons. The van der Waals surface area contributed by atoms with Gasteiger partial charge in [0.05, 0.1) is 7.11 Å². The minimum Gasteiger partial charge on any atom is -0.480 e. The molecular formula is C14H21NO7S. The lowest BCUT2D eigenvalue weighted by molar-refractivity contribution is -0.140. The van der Waals surface area contributed by atoms with E-state index in [0.29, 0.717) is 6.42 Å². The molecule has 8 nitrogen and oxygen atoms in total. The maximum Gasteiger partial charge on any atom is 0.373 e. The van der Waals surface area contributed by atoms with Gasteiger partial charge < -0.3 is 14.3 Å². The number of rotatable bonds is 8. The Hall–Kier alpha value is -1.87. The molecule has 1 rings (SSSR count). The van der Waals surface area contributed by atoms with Crippen molar-refractivity contribution in [2.75, 3.05) is 7.11 Å². The number of aryl methyl sites for hydroxylation is 1. The van der Waals surface area contributed by atoms with Gasteiger partial charge in [0.15, 0.2) is 0 Å². The standard InChI is InChI=1S/C14H21NO7S/c1-5-8(3)12(13(16)17)15-23(19,20)11-7-10(14(18)21-4)22-9(11)6-2/h7-8,12,15H,5-6H2,1-4H3,(H,16,17)/t8-,12-/m0/s1. The monoisotopic (exact) mass is 347 g/mol. The van der Waals surface area contributed by atoms with Gasteiger partial charge >= 0.3 is 11.9 Å². The fourth-order valence-electron chi connectivity index (χ4n) is 1.96. The average Bonchev–Trinajstić information content (AvgIpc) is 2.96. The third kappa shape index (κ3) is 4.32. The van der Waals surface area contributed by atoms with Crippen molar-refractivity contribution >= 4 is 22.0 Å². The Morgan fingerprint density at radius 2 is 2.00 bits per heavy atom. The van der Waals surface area contributed by atoms with Crippen molar-refractivity contribution in [3.8, 4) is 0 Å². The lowest BCUT2D eigenvalue weighted by Gasteiger charge is -2.19. The first-order valence-corrected chi connectivity index (χ1v) is 8.62. The quantitative estimate of drug-likeness (QED) is 0.681. The zero-order chi connectivity index (χ0) is 17.8. The van der Waals surface area contributed by atoms with Gasteiger partial charge in [-0.2, -0.15) is 4.72 Å². The molecule has 0 saturated carbocycles. The molecule has 0 radical (unpaired) electrons. The Morgan fingerprint density at radius 1 is 1.39 bits per heavy atom. The van der Waals surface area contributed by atoms with Gasteiger partial charge in [0.25, 0.3) is 0 Å². The van der Waals surface area contributed by atoms with E-state index in [1.807, 2.05) is 0 Å². The number of nitrogens with one attached hydrogen (secondary N) is 1. The maximum atomic E-state index is 12.5. The van der Waals surface area contributed by atoms with Crippen molar-refractivity contribution in [1.82, 2.24) is 4.72 Å². The van der Waals surface area contributed by atoms with Crippen molar-refractivity contribution < 1.29 is 32.3 Å². The first-order chi connectivity index (χ1) is 10.7. The van der Waals surface area contributed by atoms with Crippen molar-refractivity contribution in [3.05, 3.63) is 17.6 Å². The summed E-state index contributed by atoms with van der Waals surface area (Å²) in [6.07, 6.45) is 0.702. The predicted octanol–water partition coefficient (Wildman–Crippen LogP) is 1.41. The Balaban J connectivity index is 3.24. The molecule has 0 amide bonds. The smallest absolute Gasteiger partial charge is 0.373 e. The number of methoxy groups -OCH3 is 1. The van der Waals surface area contributed by atoms with Crippen molar-refractivity contribution in [2.24, 2.45) is 5.92 Å². The molecule has 9 heteroatoms. The van der Waals surface area contributed by atoms with E-state index in [9.17, 15) is 23.1 Å². The van der Waals surface area contributed by atoms with Crippen LogP contribution in [0.1, 0.15) is 43.5 Å². The van der Waals surface area contributed by atoms with E-state index < -0.39 is 33.9 Å². The highest BCUT2D eigenvalue weighted by Crippen LogP contribution is 2.23. The normalized spacial score (nSPS) is 14.3. The summed E-state index contributed by atoms with van der Waals surface area (Å²) in [5, 5.41) is 9.22. The molecule has 0 aromatic carbocycles. The van der Waals surface area contributed by atoms with E-state index in [-0.39, 0.29) is 22.8 Å². The highest BCUT2D eigenvalue weighted by atomic mass is 32.2. The molecule has 0 saturated heterocycles. The van der Waals surface area contributed by atoms with Crippen LogP contribution < -0.4 is 4.72 Å². The molecule has 0 aliphatic heterocycles. The third-order valence-corrected chi connectivity index (χ3v) is 5.02. The number of carboxylic acid groups (broad SMARTS) is 1. The average molecular weight is 347 g/mol. The summed E-state index contributed by atoms with van der Waals surface area (Å²) in [5.74, 6) is -2.67. The third-order valence-electron chi connectivity index (χ3n) is 3.53.